The maximum Gasteiger partial charge on any atom is 0.347 e. The van der Waals surface area contributed by atoms with Crippen LogP contribution in [0.15, 0.2) is 246 Å². The molecule has 0 spiro atoms. The Morgan fingerprint density at radius 2 is 0.968 bits per heavy atom. The fraction of sp³-hybridized carbons (Fsp3) is 0.136. The van der Waals surface area contributed by atoms with Crippen LogP contribution in [0.25, 0.3) is 155 Å². The van der Waals surface area contributed by atoms with E-state index in [4.69, 9.17) is 36.0 Å². The smallest absolute Gasteiger partial charge is 0.347 e. The molecule has 0 radical (unpaired) electrons. The molecule has 0 N–H and O–H groups in total. The molecule has 0 amide bonds. The molecule has 0 saturated carbocycles. The Morgan fingerprint density at radius 1 is 0.383 bits per heavy atom. The van der Waals surface area contributed by atoms with Gasteiger partial charge in [-0.25, -0.2) is 19.2 Å². The summed E-state index contributed by atoms with van der Waals surface area (Å²) in [5, 5.41) is 6.68. The first kappa shape index (κ1) is 58.7. The summed E-state index contributed by atoms with van der Waals surface area (Å²) in [5.74, 6) is 2.43. The summed E-state index contributed by atoms with van der Waals surface area (Å²) in [6, 6.07) is 63.2. The molecule has 0 aliphatic heterocycles. The summed E-state index contributed by atoms with van der Waals surface area (Å²) in [5.41, 5.74) is 8.65. The zero-order valence-corrected chi connectivity index (χ0v) is 52.8. The van der Waals surface area contributed by atoms with Gasteiger partial charge >= 0.3 is 22.5 Å². The van der Waals surface area contributed by atoms with Crippen molar-refractivity contribution in [1.29, 1.82) is 0 Å². The lowest BCUT2D eigenvalue weighted by molar-refractivity contribution is 0.396. The van der Waals surface area contributed by atoms with Crippen LogP contribution in [-0.4, -0.2) is 27.3 Å². The van der Waals surface area contributed by atoms with Crippen molar-refractivity contribution in [2.45, 2.75) is 47.0 Å². The van der Waals surface area contributed by atoms with Gasteiger partial charge in [0.2, 0.25) is 0 Å². The van der Waals surface area contributed by atoms with Gasteiger partial charge in [-0.05, 0) is 189 Å². The fourth-order valence-electron chi connectivity index (χ4n) is 13.0. The van der Waals surface area contributed by atoms with Gasteiger partial charge in [-0.1, -0.05) is 106 Å². The Bertz CT molecular complexity index is 5840. The number of anilines is 1. The third-order valence-corrected chi connectivity index (χ3v) is 18.1. The average molecular weight is 1240 g/mol. The molecule has 9 aromatic carbocycles. The molecule has 0 unspecified atom stereocenters. The molecule has 15 aromatic rings. The fourth-order valence-corrected chi connectivity index (χ4v) is 13.0. The molecule has 0 atom stereocenters. The molecular formula is C81H61NO12. The van der Waals surface area contributed by atoms with Crippen molar-refractivity contribution in [2.24, 2.45) is 0 Å². The number of methoxy groups -OCH3 is 2. The minimum Gasteiger partial charge on any atom is -0.496 e. The first-order valence-electron chi connectivity index (χ1n) is 31.1. The van der Waals surface area contributed by atoms with E-state index in [0.717, 1.165) is 67.6 Å². The molecule has 6 heterocycles. The lowest BCUT2D eigenvalue weighted by Gasteiger charge is -2.21. The van der Waals surface area contributed by atoms with Crippen LogP contribution in [0.5, 0.6) is 11.5 Å². The summed E-state index contributed by atoms with van der Waals surface area (Å²) in [6.45, 7) is 14.2. The number of hydrogen-bond acceptors (Lipinski definition) is 13. The van der Waals surface area contributed by atoms with Gasteiger partial charge in [0, 0.05) is 64.1 Å². The normalized spacial score (nSPS) is 11.9. The summed E-state index contributed by atoms with van der Waals surface area (Å²) in [4.78, 5) is 59.0. The van der Waals surface area contributed by atoms with Crippen molar-refractivity contribution < 1.29 is 36.0 Å². The zero-order valence-electron chi connectivity index (χ0n) is 52.8. The molecule has 94 heavy (non-hydrogen) atoms. The standard InChI is InChI=1S/C81H61NO12/c1-9-82(10-2)57-23-25-59-44(3)75(80(86)93-73(59)39-57)55-35-52(32-53(36-55)63-43-65-72(88-8)40-58(87-7)41-74(65)92-78(63)84)51-31-50(45-15-17-47(18-16-45)62-42-64-60-24-22-56(81(4,5)6)37-48(60)21-26-68(64)91-77(62)83)33-54(34-51)67-27-29-70(89-67)71-30-28-69(90-71)66-38-49-20-19-46-13-11-12-14-61(46)76(49)94-79(66)85/h11-43H,9-10H2,1-8H3. The number of furan rings is 2. The van der Waals surface area contributed by atoms with Crippen molar-refractivity contribution in [1.82, 2.24) is 0 Å². The molecule has 0 fully saturated rings. The van der Waals surface area contributed by atoms with Gasteiger partial charge < -0.3 is 40.9 Å². The predicted molar refractivity (Wildman–Crippen MR) is 374 cm³/mol. The molecule has 0 saturated heterocycles. The van der Waals surface area contributed by atoms with Crippen LogP contribution in [0.1, 0.15) is 45.7 Å². The average Bonchev–Trinajstić information content (AvgIpc) is 0.804. The van der Waals surface area contributed by atoms with E-state index in [1.165, 1.54) is 19.8 Å². The molecule has 0 bridgehead atoms. The van der Waals surface area contributed by atoms with Crippen LogP contribution in [0.2, 0.25) is 0 Å². The number of ether oxygens (including phenoxy) is 2. The topological polar surface area (TPSA) is 169 Å². The number of hydrogen-bond donors (Lipinski definition) is 0. The summed E-state index contributed by atoms with van der Waals surface area (Å²) < 4.78 is 48.8. The second kappa shape index (κ2) is 22.9. The molecule has 0 aliphatic rings. The quantitative estimate of drug-likeness (QED) is 0.0790. The van der Waals surface area contributed by atoms with Crippen LogP contribution in [0, 0.1) is 6.92 Å². The molecule has 15 rings (SSSR count). The third kappa shape index (κ3) is 10.3. The number of nitrogens with zero attached hydrogens (tertiary/aromatic N) is 1. The van der Waals surface area contributed by atoms with Crippen molar-refractivity contribution in [2.75, 3.05) is 32.2 Å². The Morgan fingerprint density at radius 3 is 1.71 bits per heavy atom. The first-order valence-corrected chi connectivity index (χ1v) is 31.1. The number of aryl methyl sites for hydroxylation is 1. The maximum atomic E-state index is 14.7. The second-order valence-corrected chi connectivity index (χ2v) is 24.7. The molecule has 13 heteroatoms. The summed E-state index contributed by atoms with van der Waals surface area (Å²) >= 11 is 0. The van der Waals surface area contributed by atoms with Gasteiger partial charge in [0.15, 0.2) is 11.5 Å². The van der Waals surface area contributed by atoms with Crippen molar-refractivity contribution >= 4 is 71.1 Å². The van der Waals surface area contributed by atoms with E-state index in [-0.39, 0.29) is 22.1 Å². The van der Waals surface area contributed by atoms with E-state index >= 15 is 0 Å². The van der Waals surface area contributed by atoms with E-state index in [9.17, 15) is 19.2 Å². The summed E-state index contributed by atoms with van der Waals surface area (Å²) in [7, 11) is 3.06. The van der Waals surface area contributed by atoms with Crippen molar-refractivity contribution in [3.63, 3.8) is 0 Å². The van der Waals surface area contributed by atoms with E-state index < -0.39 is 22.5 Å². The number of benzene rings is 9. The van der Waals surface area contributed by atoms with Crippen LogP contribution in [0.4, 0.5) is 5.69 Å². The van der Waals surface area contributed by atoms with E-state index in [2.05, 4.69) is 57.7 Å². The van der Waals surface area contributed by atoms with Gasteiger partial charge in [0.05, 0.1) is 36.3 Å². The molecule has 462 valence electrons. The van der Waals surface area contributed by atoms with E-state index in [0.29, 0.717) is 107 Å². The minimum absolute atomic E-state index is 0.0524. The Balaban J connectivity index is 0.892. The molecule has 6 aromatic heterocycles. The van der Waals surface area contributed by atoms with Gasteiger partial charge in [-0.2, -0.15) is 0 Å². The van der Waals surface area contributed by atoms with Crippen LogP contribution < -0.4 is 36.9 Å². The Kier molecular flexibility index (Phi) is 14.3. The molecular weight excluding hydrogens is 1180 g/mol. The molecule has 0 aliphatic carbocycles. The van der Waals surface area contributed by atoms with E-state index in [1.807, 2.05) is 153 Å². The van der Waals surface area contributed by atoms with E-state index in [1.54, 1.807) is 36.4 Å². The Hall–Kier alpha value is -11.7. The second-order valence-electron chi connectivity index (χ2n) is 24.7. The minimum atomic E-state index is -0.630. The summed E-state index contributed by atoms with van der Waals surface area (Å²) in [6.07, 6.45) is 0. The highest BCUT2D eigenvalue weighted by atomic mass is 16.5. The van der Waals surface area contributed by atoms with Crippen molar-refractivity contribution in [3.8, 4) is 101 Å². The SMILES string of the molecule is CCN(CC)c1ccc2c(C)c(-c3cc(-c4cc(-c5ccc(-c6cc7c(ccc8cc(C(C)(C)C)ccc87)oc6=O)cc5)cc(-c5ccc(-c6ccc(-c7cc8ccc9ccccc9c8oc7=O)o6)o5)c4)cc(-c4cc5c(OC)cc(OC)cc5oc4=O)c3)c(=O)oc2c1. The van der Waals surface area contributed by atoms with Crippen LogP contribution in [-0.2, 0) is 5.41 Å². The monoisotopic (exact) mass is 1240 g/mol. The van der Waals surface area contributed by atoms with Crippen LogP contribution >= 0.6 is 0 Å². The zero-order chi connectivity index (χ0) is 64.8. The van der Waals surface area contributed by atoms with Crippen molar-refractivity contribution in [3.05, 3.63) is 253 Å². The van der Waals surface area contributed by atoms with Gasteiger partial charge in [0.1, 0.15) is 50.9 Å². The lowest BCUT2D eigenvalue weighted by Crippen LogP contribution is -2.21. The maximum absolute atomic E-state index is 14.7. The van der Waals surface area contributed by atoms with Gasteiger partial charge in [0.25, 0.3) is 0 Å². The van der Waals surface area contributed by atoms with Gasteiger partial charge in [-0.15, -0.1) is 0 Å². The largest absolute Gasteiger partial charge is 0.496 e. The van der Waals surface area contributed by atoms with Crippen LogP contribution in [0.3, 0.4) is 0 Å². The third-order valence-electron chi connectivity index (χ3n) is 18.1. The highest BCUT2D eigenvalue weighted by molar-refractivity contribution is 6.07. The Labute approximate surface area is 537 Å². The predicted octanol–water partition coefficient (Wildman–Crippen LogP) is 19.4. The van der Waals surface area contributed by atoms with Gasteiger partial charge in [-0.3, -0.25) is 0 Å². The lowest BCUT2D eigenvalue weighted by atomic mass is 9.85. The first-order chi connectivity index (χ1) is 45.5. The highest BCUT2D eigenvalue weighted by Gasteiger charge is 2.24. The molecule has 13 nitrogen and oxygen atoms in total. The number of fused-ring (bicyclic) bond motifs is 8. The number of rotatable bonds is 13. The highest BCUT2D eigenvalue weighted by Crippen LogP contribution is 2.43.